The molecule has 0 bridgehead atoms. The van der Waals surface area contributed by atoms with E-state index in [0.717, 1.165) is 22.6 Å². The highest BCUT2D eigenvalue weighted by Crippen LogP contribution is 2.29. The molecule has 0 saturated heterocycles. The molecule has 3 aromatic rings. The molecule has 0 spiro atoms. The zero-order valence-electron chi connectivity index (χ0n) is 12.3. The minimum absolute atomic E-state index is 0.513. The second-order valence-corrected chi connectivity index (χ2v) is 4.87. The summed E-state index contributed by atoms with van der Waals surface area (Å²) in [6.07, 6.45) is 0. The van der Waals surface area contributed by atoms with Crippen LogP contribution in [-0.4, -0.2) is 13.2 Å². The van der Waals surface area contributed by atoms with Gasteiger partial charge in [0.15, 0.2) is 0 Å². The molecule has 0 fully saturated rings. The SMILES string of the molecule is c1ccc(OCCOc2ccccc2-c2ccccc2)cc1. The van der Waals surface area contributed by atoms with Crippen molar-refractivity contribution in [2.24, 2.45) is 0 Å². The van der Waals surface area contributed by atoms with E-state index in [4.69, 9.17) is 9.47 Å². The predicted octanol–water partition coefficient (Wildman–Crippen LogP) is 4.81. The van der Waals surface area contributed by atoms with Crippen LogP contribution < -0.4 is 9.47 Å². The van der Waals surface area contributed by atoms with Crippen LogP contribution in [-0.2, 0) is 0 Å². The Kier molecular flexibility index (Phi) is 4.73. The minimum atomic E-state index is 0.513. The molecule has 0 heterocycles. The first kappa shape index (κ1) is 14.2. The van der Waals surface area contributed by atoms with E-state index in [1.165, 1.54) is 0 Å². The molecule has 2 nitrogen and oxygen atoms in total. The van der Waals surface area contributed by atoms with Gasteiger partial charge in [-0.15, -0.1) is 0 Å². The summed E-state index contributed by atoms with van der Waals surface area (Å²) in [5.74, 6) is 1.74. The van der Waals surface area contributed by atoms with Gasteiger partial charge in [-0.25, -0.2) is 0 Å². The zero-order chi connectivity index (χ0) is 15.0. The van der Waals surface area contributed by atoms with E-state index < -0.39 is 0 Å². The maximum absolute atomic E-state index is 5.89. The van der Waals surface area contributed by atoms with Crippen molar-refractivity contribution in [2.45, 2.75) is 0 Å². The van der Waals surface area contributed by atoms with Crippen molar-refractivity contribution in [1.82, 2.24) is 0 Å². The predicted molar refractivity (Wildman–Crippen MR) is 89.3 cm³/mol. The van der Waals surface area contributed by atoms with Crippen molar-refractivity contribution >= 4 is 0 Å². The van der Waals surface area contributed by atoms with Gasteiger partial charge in [-0.3, -0.25) is 0 Å². The third-order valence-electron chi connectivity index (χ3n) is 3.32. The molecule has 0 N–H and O–H groups in total. The quantitative estimate of drug-likeness (QED) is 0.606. The average molecular weight is 290 g/mol. The lowest BCUT2D eigenvalue weighted by molar-refractivity contribution is 0.217. The molecule has 0 aliphatic carbocycles. The summed E-state index contributed by atoms with van der Waals surface area (Å²) in [6.45, 7) is 1.03. The van der Waals surface area contributed by atoms with Crippen LogP contribution in [0.1, 0.15) is 0 Å². The molecule has 3 rings (SSSR count). The smallest absolute Gasteiger partial charge is 0.127 e. The monoisotopic (exact) mass is 290 g/mol. The van der Waals surface area contributed by atoms with Crippen molar-refractivity contribution in [3.8, 4) is 22.6 Å². The Balaban J connectivity index is 1.61. The van der Waals surface area contributed by atoms with Gasteiger partial charge in [-0.2, -0.15) is 0 Å². The summed E-state index contributed by atoms with van der Waals surface area (Å²) in [4.78, 5) is 0. The van der Waals surface area contributed by atoms with Crippen molar-refractivity contribution < 1.29 is 9.47 Å². The molecule has 110 valence electrons. The molecule has 0 aliphatic rings. The lowest BCUT2D eigenvalue weighted by atomic mass is 10.1. The van der Waals surface area contributed by atoms with Crippen LogP contribution in [0.2, 0.25) is 0 Å². The molecular formula is C20H18O2. The number of para-hydroxylation sites is 2. The van der Waals surface area contributed by atoms with Crippen molar-refractivity contribution in [3.05, 3.63) is 84.9 Å². The van der Waals surface area contributed by atoms with Gasteiger partial charge in [-0.1, -0.05) is 66.7 Å². The summed E-state index contributed by atoms with van der Waals surface area (Å²) < 4.78 is 11.5. The second kappa shape index (κ2) is 7.32. The molecule has 2 heteroatoms. The van der Waals surface area contributed by atoms with Gasteiger partial charge in [0.05, 0.1) is 0 Å². The Morgan fingerprint density at radius 1 is 0.545 bits per heavy atom. The Bertz CT molecular complexity index is 693. The van der Waals surface area contributed by atoms with Crippen LogP contribution in [0, 0.1) is 0 Å². The third kappa shape index (κ3) is 3.67. The Hall–Kier alpha value is -2.74. The fraction of sp³-hybridized carbons (Fsp3) is 0.100. The van der Waals surface area contributed by atoms with Crippen LogP contribution >= 0.6 is 0 Å². The first-order valence-electron chi connectivity index (χ1n) is 7.38. The highest BCUT2D eigenvalue weighted by Gasteiger charge is 2.05. The van der Waals surface area contributed by atoms with Crippen LogP contribution in [0.15, 0.2) is 84.9 Å². The van der Waals surface area contributed by atoms with Crippen LogP contribution in [0.3, 0.4) is 0 Å². The van der Waals surface area contributed by atoms with Crippen LogP contribution in [0.25, 0.3) is 11.1 Å². The molecule has 0 saturated carbocycles. The lowest BCUT2D eigenvalue weighted by Crippen LogP contribution is -2.09. The van der Waals surface area contributed by atoms with E-state index >= 15 is 0 Å². The van der Waals surface area contributed by atoms with E-state index in [9.17, 15) is 0 Å². The van der Waals surface area contributed by atoms with E-state index in [1.54, 1.807) is 0 Å². The number of ether oxygens (including phenoxy) is 2. The number of benzene rings is 3. The fourth-order valence-electron chi connectivity index (χ4n) is 2.28. The first-order chi connectivity index (χ1) is 10.9. The van der Waals surface area contributed by atoms with Gasteiger partial charge >= 0.3 is 0 Å². The molecular weight excluding hydrogens is 272 g/mol. The van der Waals surface area contributed by atoms with E-state index in [0.29, 0.717) is 13.2 Å². The summed E-state index contributed by atoms with van der Waals surface area (Å²) in [6, 6.07) is 28.1. The van der Waals surface area contributed by atoms with E-state index in [2.05, 4.69) is 18.2 Å². The fourth-order valence-corrected chi connectivity index (χ4v) is 2.28. The Labute approximate surface area is 131 Å². The third-order valence-corrected chi connectivity index (χ3v) is 3.32. The lowest BCUT2D eigenvalue weighted by Gasteiger charge is -2.12. The van der Waals surface area contributed by atoms with Gasteiger partial charge in [0.25, 0.3) is 0 Å². The molecule has 0 aliphatic heterocycles. The minimum Gasteiger partial charge on any atom is -0.490 e. The highest BCUT2D eigenvalue weighted by molar-refractivity contribution is 5.70. The normalized spacial score (nSPS) is 10.2. The number of hydrogen-bond donors (Lipinski definition) is 0. The zero-order valence-corrected chi connectivity index (χ0v) is 12.3. The molecule has 22 heavy (non-hydrogen) atoms. The summed E-state index contributed by atoms with van der Waals surface area (Å²) >= 11 is 0. The molecule has 0 radical (unpaired) electrons. The van der Waals surface area contributed by atoms with Gasteiger partial charge < -0.3 is 9.47 Å². The number of rotatable bonds is 6. The molecule has 0 amide bonds. The van der Waals surface area contributed by atoms with Crippen molar-refractivity contribution in [2.75, 3.05) is 13.2 Å². The molecule has 0 atom stereocenters. The molecule has 0 unspecified atom stereocenters. The standard InChI is InChI=1S/C20H18O2/c1-3-9-17(10-4-1)19-13-7-8-14-20(19)22-16-15-21-18-11-5-2-6-12-18/h1-14H,15-16H2. The Morgan fingerprint density at radius 3 is 1.91 bits per heavy atom. The first-order valence-corrected chi connectivity index (χ1v) is 7.38. The highest BCUT2D eigenvalue weighted by atomic mass is 16.5. The van der Waals surface area contributed by atoms with Crippen molar-refractivity contribution in [1.29, 1.82) is 0 Å². The summed E-state index contributed by atoms with van der Waals surface area (Å²) in [5.41, 5.74) is 2.25. The van der Waals surface area contributed by atoms with Gasteiger partial charge in [-0.05, 0) is 23.8 Å². The van der Waals surface area contributed by atoms with Gasteiger partial charge in [0.1, 0.15) is 24.7 Å². The topological polar surface area (TPSA) is 18.5 Å². The van der Waals surface area contributed by atoms with Gasteiger partial charge in [0, 0.05) is 5.56 Å². The number of hydrogen-bond acceptors (Lipinski definition) is 2. The maximum Gasteiger partial charge on any atom is 0.127 e. The largest absolute Gasteiger partial charge is 0.490 e. The van der Waals surface area contributed by atoms with Crippen LogP contribution in [0.5, 0.6) is 11.5 Å². The second-order valence-electron chi connectivity index (χ2n) is 4.87. The van der Waals surface area contributed by atoms with E-state index in [-0.39, 0.29) is 0 Å². The van der Waals surface area contributed by atoms with E-state index in [1.807, 2.05) is 66.7 Å². The summed E-state index contributed by atoms with van der Waals surface area (Å²) in [7, 11) is 0. The van der Waals surface area contributed by atoms with Crippen LogP contribution in [0.4, 0.5) is 0 Å². The van der Waals surface area contributed by atoms with Gasteiger partial charge in [0.2, 0.25) is 0 Å². The van der Waals surface area contributed by atoms with Crippen molar-refractivity contribution in [3.63, 3.8) is 0 Å². The summed E-state index contributed by atoms with van der Waals surface area (Å²) in [5, 5.41) is 0. The molecule has 3 aromatic carbocycles. The maximum atomic E-state index is 5.89. The molecule has 0 aromatic heterocycles. The Morgan fingerprint density at radius 2 is 1.14 bits per heavy atom. The average Bonchev–Trinajstić information content (AvgIpc) is 2.61.